The van der Waals surface area contributed by atoms with Gasteiger partial charge in [-0.15, -0.1) is 0 Å². The van der Waals surface area contributed by atoms with E-state index < -0.39 is 27.0 Å². The van der Waals surface area contributed by atoms with Gasteiger partial charge in [0, 0.05) is 0 Å². The van der Waals surface area contributed by atoms with E-state index in [0.717, 1.165) is 0 Å². The lowest BCUT2D eigenvalue weighted by Gasteiger charge is -2.13. The lowest BCUT2D eigenvalue weighted by molar-refractivity contribution is -0.115. The quantitative estimate of drug-likeness (QED) is 0.855. The normalized spacial score (nSPS) is 20.0. The highest BCUT2D eigenvalue weighted by atomic mass is 32.2. The molecule has 1 heterocycles. The smallest absolute Gasteiger partial charge is 0.335 e. The van der Waals surface area contributed by atoms with Gasteiger partial charge in [0.2, 0.25) is 5.91 Å². The van der Waals surface area contributed by atoms with Gasteiger partial charge in [0.1, 0.15) is 11.0 Å². The Balaban J connectivity index is 2.23. The molecule has 1 aliphatic heterocycles. The summed E-state index contributed by atoms with van der Waals surface area (Å²) in [6, 6.07) is 3.95. The number of rotatable bonds is 4. The van der Waals surface area contributed by atoms with E-state index in [-0.39, 0.29) is 22.8 Å². The van der Waals surface area contributed by atoms with Gasteiger partial charge in [0.05, 0.1) is 24.1 Å². The Kier molecular flexibility index (Phi) is 4.17. The van der Waals surface area contributed by atoms with Crippen LogP contribution in [0.25, 0.3) is 0 Å². The fourth-order valence-electron chi connectivity index (χ4n) is 2.23. The molecule has 1 unspecified atom stereocenters. The number of benzene rings is 1. The molecule has 0 saturated carbocycles. The summed E-state index contributed by atoms with van der Waals surface area (Å²) >= 11 is 0. The van der Waals surface area contributed by atoms with Crippen molar-refractivity contribution in [1.82, 2.24) is 0 Å². The number of anilines is 1. The zero-order valence-electron chi connectivity index (χ0n) is 11.3. The Labute approximate surface area is 121 Å². The first-order chi connectivity index (χ1) is 9.85. The van der Waals surface area contributed by atoms with Crippen LogP contribution in [-0.4, -0.2) is 43.5 Å². The van der Waals surface area contributed by atoms with E-state index in [1.165, 1.54) is 25.3 Å². The van der Waals surface area contributed by atoms with E-state index in [9.17, 15) is 18.0 Å². The summed E-state index contributed by atoms with van der Waals surface area (Å²) in [7, 11) is -2.06. The lowest BCUT2D eigenvalue weighted by Crippen LogP contribution is -2.32. The Bertz CT molecular complexity index is 682. The van der Waals surface area contributed by atoms with E-state index in [4.69, 9.17) is 9.84 Å². The van der Waals surface area contributed by atoms with Gasteiger partial charge in [0.25, 0.3) is 0 Å². The fraction of sp³-hybridized carbons (Fsp3) is 0.385. The first kappa shape index (κ1) is 15.3. The topological polar surface area (TPSA) is 110 Å². The molecule has 0 spiro atoms. The molecule has 1 aromatic rings. The van der Waals surface area contributed by atoms with Gasteiger partial charge in [-0.3, -0.25) is 4.79 Å². The molecule has 1 aliphatic rings. The Morgan fingerprint density at radius 2 is 2.10 bits per heavy atom. The number of sulfone groups is 1. The average Bonchev–Trinajstić information content (AvgIpc) is 2.78. The number of hydrogen-bond donors (Lipinski definition) is 2. The molecule has 0 aliphatic carbocycles. The number of carbonyl (C=O) groups is 2. The van der Waals surface area contributed by atoms with Crippen molar-refractivity contribution in [2.45, 2.75) is 18.1 Å². The highest BCUT2D eigenvalue weighted by Gasteiger charge is 2.37. The fourth-order valence-corrected chi connectivity index (χ4v) is 3.99. The number of methoxy groups -OCH3 is 1. The highest BCUT2D eigenvalue weighted by Crippen LogP contribution is 2.28. The summed E-state index contributed by atoms with van der Waals surface area (Å²) in [4.78, 5) is 22.9. The number of amides is 1. The summed E-state index contributed by atoms with van der Waals surface area (Å²) in [5.41, 5.74) is 0.257. The second kappa shape index (κ2) is 5.72. The van der Waals surface area contributed by atoms with Crippen molar-refractivity contribution in [3.8, 4) is 5.75 Å². The first-order valence-electron chi connectivity index (χ1n) is 6.29. The zero-order valence-corrected chi connectivity index (χ0v) is 12.1. The SMILES string of the molecule is COc1cc(C(=O)O)ccc1NC(=O)C1CCCS1(=O)=O. The van der Waals surface area contributed by atoms with Crippen molar-refractivity contribution in [2.24, 2.45) is 0 Å². The predicted octanol–water partition coefficient (Wildman–Crippen LogP) is 0.909. The van der Waals surface area contributed by atoms with Crippen molar-refractivity contribution in [1.29, 1.82) is 0 Å². The van der Waals surface area contributed by atoms with Crippen LogP contribution in [0.15, 0.2) is 18.2 Å². The third-order valence-electron chi connectivity index (χ3n) is 3.33. The van der Waals surface area contributed by atoms with Crippen LogP contribution >= 0.6 is 0 Å². The molecule has 21 heavy (non-hydrogen) atoms. The number of carbonyl (C=O) groups excluding carboxylic acids is 1. The van der Waals surface area contributed by atoms with Crippen LogP contribution in [0, 0.1) is 0 Å². The second-order valence-corrected chi connectivity index (χ2v) is 7.01. The van der Waals surface area contributed by atoms with E-state index in [1.807, 2.05) is 0 Å². The number of hydrogen-bond acceptors (Lipinski definition) is 5. The largest absolute Gasteiger partial charge is 0.495 e. The lowest BCUT2D eigenvalue weighted by atomic mass is 10.1. The van der Waals surface area contributed by atoms with Gasteiger partial charge in [-0.25, -0.2) is 13.2 Å². The standard InChI is InChI=1S/C13H15NO6S/c1-20-10-7-8(13(16)17)4-5-9(10)14-12(15)11-3-2-6-21(11,18)19/h4-5,7,11H,2-3,6H2,1H3,(H,14,15)(H,16,17). The number of carboxylic acids is 1. The molecule has 1 aromatic carbocycles. The van der Waals surface area contributed by atoms with Crippen LogP contribution in [0.1, 0.15) is 23.2 Å². The van der Waals surface area contributed by atoms with Crippen molar-refractivity contribution >= 4 is 27.4 Å². The van der Waals surface area contributed by atoms with E-state index in [2.05, 4.69) is 5.32 Å². The van der Waals surface area contributed by atoms with Crippen LogP contribution in [0.2, 0.25) is 0 Å². The summed E-state index contributed by atoms with van der Waals surface area (Å²) in [6.45, 7) is 0. The summed E-state index contributed by atoms with van der Waals surface area (Å²) in [6.07, 6.45) is 0.763. The summed E-state index contributed by atoms with van der Waals surface area (Å²) in [5, 5.41) is 10.3. The van der Waals surface area contributed by atoms with E-state index in [1.54, 1.807) is 0 Å². The van der Waals surface area contributed by atoms with Crippen LogP contribution < -0.4 is 10.1 Å². The van der Waals surface area contributed by atoms with Crippen molar-refractivity contribution < 1.29 is 27.9 Å². The van der Waals surface area contributed by atoms with Crippen LogP contribution in [0.5, 0.6) is 5.75 Å². The van der Waals surface area contributed by atoms with Crippen molar-refractivity contribution in [2.75, 3.05) is 18.2 Å². The predicted molar refractivity (Wildman–Crippen MR) is 75.4 cm³/mol. The third-order valence-corrected chi connectivity index (χ3v) is 5.50. The zero-order chi connectivity index (χ0) is 15.6. The molecule has 1 atom stereocenters. The van der Waals surface area contributed by atoms with E-state index in [0.29, 0.717) is 12.8 Å². The maximum absolute atomic E-state index is 12.1. The minimum Gasteiger partial charge on any atom is -0.495 e. The third kappa shape index (κ3) is 3.15. The number of nitrogens with one attached hydrogen (secondary N) is 1. The maximum Gasteiger partial charge on any atom is 0.335 e. The number of aromatic carboxylic acids is 1. The van der Waals surface area contributed by atoms with Crippen LogP contribution in [-0.2, 0) is 14.6 Å². The molecular weight excluding hydrogens is 298 g/mol. The maximum atomic E-state index is 12.1. The molecule has 0 bridgehead atoms. The molecule has 1 saturated heterocycles. The highest BCUT2D eigenvalue weighted by molar-refractivity contribution is 7.93. The Morgan fingerprint density at radius 1 is 1.38 bits per heavy atom. The molecule has 0 radical (unpaired) electrons. The van der Waals surface area contributed by atoms with E-state index >= 15 is 0 Å². The second-order valence-electron chi connectivity index (χ2n) is 4.71. The van der Waals surface area contributed by atoms with Crippen molar-refractivity contribution in [3.05, 3.63) is 23.8 Å². The average molecular weight is 313 g/mol. The van der Waals surface area contributed by atoms with Crippen LogP contribution in [0.4, 0.5) is 5.69 Å². The van der Waals surface area contributed by atoms with Crippen molar-refractivity contribution in [3.63, 3.8) is 0 Å². The number of carboxylic acid groups (broad SMARTS) is 1. The van der Waals surface area contributed by atoms with Gasteiger partial charge in [-0.1, -0.05) is 0 Å². The molecule has 7 nitrogen and oxygen atoms in total. The molecule has 2 N–H and O–H groups in total. The van der Waals surface area contributed by atoms with Crippen LogP contribution in [0.3, 0.4) is 0 Å². The van der Waals surface area contributed by atoms with Gasteiger partial charge in [-0.2, -0.15) is 0 Å². The molecule has 1 fully saturated rings. The molecule has 0 aromatic heterocycles. The molecular formula is C13H15NO6S. The van der Waals surface area contributed by atoms with Gasteiger partial charge in [0.15, 0.2) is 9.84 Å². The number of ether oxygens (including phenoxy) is 1. The molecule has 2 rings (SSSR count). The first-order valence-corrected chi connectivity index (χ1v) is 8.00. The Morgan fingerprint density at radius 3 is 2.62 bits per heavy atom. The Hall–Kier alpha value is -2.09. The monoisotopic (exact) mass is 313 g/mol. The minimum atomic E-state index is -3.39. The van der Waals surface area contributed by atoms with Gasteiger partial charge >= 0.3 is 5.97 Å². The van der Waals surface area contributed by atoms with Gasteiger partial charge < -0.3 is 15.2 Å². The molecule has 8 heteroatoms. The minimum absolute atomic E-state index is 0.0123. The molecule has 114 valence electrons. The van der Waals surface area contributed by atoms with Gasteiger partial charge in [-0.05, 0) is 31.0 Å². The summed E-state index contributed by atoms with van der Waals surface area (Å²) in [5.74, 6) is -1.56. The molecule has 1 amide bonds. The summed E-state index contributed by atoms with van der Waals surface area (Å²) < 4.78 is 28.5.